The maximum absolute atomic E-state index is 12.9. The summed E-state index contributed by atoms with van der Waals surface area (Å²) in [7, 11) is -3.84. The number of hydrogen-bond acceptors (Lipinski definition) is 2. The summed E-state index contributed by atoms with van der Waals surface area (Å²) in [6.45, 7) is 1.60. The van der Waals surface area contributed by atoms with E-state index in [1.807, 2.05) is 0 Å². The Labute approximate surface area is 126 Å². The SMILES string of the molecule is Cc1c(Cl)cccc1S(=O)(=O)Nc1ccc(F)cc1Cl. The number of sulfonamides is 1. The molecule has 0 heterocycles. The average Bonchev–Trinajstić information content (AvgIpc) is 2.36. The molecule has 0 unspecified atom stereocenters. The second-order valence-corrected chi connectivity index (χ2v) is 6.56. The normalized spacial score (nSPS) is 11.4. The Morgan fingerprint density at radius 3 is 2.45 bits per heavy atom. The van der Waals surface area contributed by atoms with Gasteiger partial charge in [-0.2, -0.15) is 0 Å². The first-order valence-electron chi connectivity index (χ1n) is 5.54. The molecular formula is C13H10Cl2FNO2S. The van der Waals surface area contributed by atoms with Gasteiger partial charge < -0.3 is 0 Å². The monoisotopic (exact) mass is 333 g/mol. The Balaban J connectivity index is 2.44. The maximum atomic E-state index is 12.9. The van der Waals surface area contributed by atoms with Crippen LogP contribution in [-0.4, -0.2) is 8.42 Å². The molecule has 2 aromatic carbocycles. The molecule has 0 amide bonds. The minimum Gasteiger partial charge on any atom is -0.278 e. The number of halogens is 3. The van der Waals surface area contributed by atoms with Crippen molar-refractivity contribution in [3.05, 3.63) is 57.8 Å². The van der Waals surface area contributed by atoms with E-state index in [0.29, 0.717) is 10.6 Å². The molecule has 0 bridgehead atoms. The molecule has 0 aliphatic rings. The second-order valence-electron chi connectivity index (χ2n) is 4.09. The predicted octanol–water partition coefficient (Wildman–Crippen LogP) is 4.24. The van der Waals surface area contributed by atoms with E-state index in [4.69, 9.17) is 23.2 Å². The molecule has 0 atom stereocenters. The van der Waals surface area contributed by atoms with Crippen LogP contribution in [0.15, 0.2) is 41.3 Å². The fourth-order valence-corrected chi connectivity index (χ4v) is 3.50. The largest absolute Gasteiger partial charge is 0.278 e. The molecular weight excluding hydrogens is 324 g/mol. The number of anilines is 1. The molecule has 7 heteroatoms. The van der Waals surface area contributed by atoms with Gasteiger partial charge in [0.25, 0.3) is 10.0 Å². The minimum absolute atomic E-state index is 0.0201. The van der Waals surface area contributed by atoms with E-state index in [9.17, 15) is 12.8 Å². The molecule has 0 saturated heterocycles. The number of rotatable bonds is 3. The lowest BCUT2D eigenvalue weighted by Gasteiger charge is -2.12. The molecule has 1 N–H and O–H groups in total. The Morgan fingerprint density at radius 1 is 1.10 bits per heavy atom. The lowest BCUT2D eigenvalue weighted by molar-refractivity contribution is 0.600. The topological polar surface area (TPSA) is 46.2 Å². The average molecular weight is 334 g/mol. The van der Waals surface area contributed by atoms with Crippen molar-refractivity contribution in [3.63, 3.8) is 0 Å². The van der Waals surface area contributed by atoms with Gasteiger partial charge in [0, 0.05) is 5.02 Å². The van der Waals surface area contributed by atoms with Gasteiger partial charge in [0.1, 0.15) is 5.82 Å². The third-order valence-electron chi connectivity index (χ3n) is 2.68. The zero-order valence-corrected chi connectivity index (χ0v) is 12.7. The molecule has 0 spiro atoms. The first kappa shape index (κ1) is 15.1. The molecule has 0 aliphatic carbocycles. The lowest BCUT2D eigenvalue weighted by Crippen LogP contribution is -2.14. The van der Waals surface area contributed by atoms with Crippen LogP contribution >= 0.6 is 23.2 Å². The minimum atomic E-state index is -3.84. The quantitative estimate of drug-likeness (QED) is 0.912. The summed E-state index contributed by atoms with van der Waals surface area (Å²) < 4.78 is 39.8. The summed E-state index contributed by atoms with van der Waals surface area (Å²) in [6.07, 6.45) is 0. The molecule has 0 fully saturated rings. The van der Waals surface area contributed by atoms with Crippen molar-refractivity contribution in [1.82, 2.24) is 0 Å². The van der Waals surface area contributed by atoms with Crippen molar-refractivity contribution < 1.29 is 12.8 Å². The fourth-order valence-electron chi connectivity index (χ4n) is 1.65. The van der Waals surface area contributed by atoms with Gasteiger partial charge in [0.05, 0.1) is 15.6 Å². The van der Waals surface area contributed by atoms with E-state index in [1.165, 1.54) is 18.2 Å². The highest BCUT2D eigenvalue weighted by atomic mass is 35.5. The predicted molar refractivity (Wildman–Crippen MR) is 78.4 cm³/mol. The maximum Gasteiger partial charge on any atom is 0.262 e. The molecule has 0 aromatic heterocycles. The van der Waals surface area contributed by atoms with E-state index in [0.717, 1.165) is 12.1 Å². The Kier molecular flexibility index (Phi) is 4.22. The van der Waals surface area contributed by atoms with Crippen molar-refractivity contribution in [2.45, 2.75) is 11.8 Å². The summed E-state index contributed by atoms with van der Waals surface area (Å²) in [5, 5.41) is 0.325. The van der Waals surface area contributed by atoms with Gasteiger partial charge in [0.15, 0.2) is 0 Å². The zero-order chi connectivity index (χ0) is 14.9. The Bertz CT molecular complexity index is 763. The molecule has 2 aromatic rings. The van der Waals surface area contributed by atoms with Gasteiger partial charge in [-0.25, -0.2) is 12.8 Å². The molecule has 0 aliphatic heterocycles. The second kappa shape index (κ2) is 5.60. The van der Waals surface area contributed by atoms with Crippen LogP contribution in [0.5, 0.6) is 0 Å². The number of hydrogen-bond donors (Lipinski definition) is 1. The van der Waals surface area contributed by atoms with Gasteiger partial charge >= 0.3 is 0 Å². The first-order chi connectivity index (χ1) is 9.31. The number of nitrogens with one attached hydrogen (secondary N) is 1. The fraction of sp³-hybridized carbons (Fsp3) is 0.0769. The molecule has 0 saturated carbocycles. The van der Waals surface area contributed by atoms with Gasteiger partial charge in [0.2, 0.25) is 0 Å². The lowest BCUT2D eigenvalue weighted by atomic mass is 10.2. The van der Waals surface area contributed by atoms with E-state index < -0.39 is 15.8 Å². The molecule has 0 radical (unpaired) electrons. The molecule has 2 rings (SSSR count). The molecule has 106 valence electrons. The van der Waals surface area contributed by atoms with Crippen molar-refractivity contribution in [1.29, 1.82) is 0 Å². The highest BCUT2D eigenvalue weighted by Gasteiger charge is 2.19. The smallest absolute Gasteiger partial charge is 0.262 e. The highest BCUT2D eigenvalue weighted by Crippen LogP contribution is 2.28. The summed E-state index contributed by atoms with van der Waals surface area (Å²) in [5.41, 5.74) is 0.535. The van der Waals surface area contributed by atoms with Crippen molar-refractivity contribution in [3.8, 4) is 0 Å². The highest BCUT2D eigenvalue weighted by molar-refractivity contribution is 7.92. The zero-order valence-electron chi connectivity index (χ0n) is 10.3. The number of benzene rings is 2. The van der Waals surface area contributed by atoms with Crippen LogP contribution in [-0.2, 0) is 10.0 Å². The van der Waals surface area contributed by atoms with Crippen molar-refractivity contribution in [2.75, 3.05) is 4.72 Å². The summed E-state index contributed by atoms with van der Waals surface area (Å²) in [4.78, 5) is 0.0467. The van der Waals surface area contributed by atoms with Crippen LogP contribution in [0.2, 0.25) is 10.0 Å². The van der Waals surface area contributed by atoms with E-state index >= 15 is 0 Å². The van der Waals surface area contributed by atoms with Crippen LogP contribution in [0.3, 0.4) is 0 Å². The van der Waals surface area contributed by atoms with Gasteiger partial charge in [-0.15, -0.1) is 0 Å². The van der Waals surface area contributed by atoms with Gasteiger partial charge in [-0.05, 0) is 42.8 Å². The van der Waals surface area contributed by atoms with Gasteiger partial charge in [-0.3, -0.25) is 4.72 Å². The van der Waals surface area contributed by atoms with E-state index in [2.05, 4.69) is 4.72 Å². The van der Waals surface area contributed by atoms with E-state index in [1.54, 1.807) is 13.0 Å². The summed E-state index contributed by atoms with van der Waals surface area (Å²) >= 11 is 11.7. The van der Waals surface area contributed by atoms with Crippen LogP contribution < -0.4 is 4.72 Å². The third kappa shape index (κ3) is 3.06. The van der Waals surface area contributed by atoms with Crippen LogP contribution in [0.1, 0.15) is 5.56 Å². The first-order valence-corrected chi connectivity index (χ1v) is 7.78. The van der Waals surface area contributed by atoms with Crippen LogP contribution in [0.25, 0.3) is 0 Å². The molecule has 20 heavy (non-hydrogen) atoms. The summed E-state index contributed by atoms with van der Waals surface area (Å²) in [6, 6.07) is 7.98. The Morgan fingerprint density at radius 2 is 1.80 bits per heavy atom. The third-order valence-corrected chi connectivity index (χ3v) is 4.92. The Hall–Kier alpha value is -1.30. The van der Waals surface area contributed by atoms with Gasteiger partial charge in [-0.1, -0.05) is 29.3 Å². The standard InChI is InChI=1S/C13H10Cl2FNO2S/c1-8-10(14)3-2-4-13(8)20(18,19)17-12-6-5-9(16)7-11(12)15/h2-7,17H,1H3. The molecule has 3 nitrogen and oxygen atoms in total. The van der Waals surface area contributed by atoms with Crippen molar-refractivity contribution >= 4 is 38.9 Å². The van der Waals surface area contributed by atoms with Crippen molar-refractivity contribution in [2.24, 2.45) is 0 Å². The van der Waals surface area contributed by atoms with Crippen LogP contribution in [0, 0.1) is 12.7 Å². The van der Waals surface area contributed by atoms with E-state index in [-0.39, 0.29) is 15.6 Å². The van der Waals surface area contributed by atoms with Crippen LogP contribution in [0.4, 0.5) is 10.1 Å². The summed E-state index contributed by atoms with van der Waals surface area (Å²) in [5.74, 6) is -0.545.